The Morgan fingerprint density at radius 3 is 2.31 bits per heavy atom. The van der Waals surface area contributed by atoms with Crippen molar-refractivity contribution in [3.63, 3.8) is 0 Å². The van der Waals surface area contributed by atoms with Gasteiger partial charge in [0.25, 0.3) is 0 Å². The average molecular weight is 453 g/mol. The number of anilines is 1. The minimum atomic E-state index is -3.64. The van der Waals surface area contributed by atoms with Crippen LogP contribution in [0.2, 0.25) is 0 Å². The zero-order valence-corrected chi connectivity index (χ0v) is 18.5. The summed E-state index contributed by atoms with van der Waals surface area (Å²) in [5, 5.41) is 2.80. The highest BCUT2D eigenvalue weighted by Crippen LogP contribution is 2.31. The first kappa shape index (κ1) is 21.9. The van der Waals surface area contributed by atoms with Crippen molar-refractivity contribution in [3.05, 3.63) is 83.9 Å². The van der Waals surface area contributed by atoms with Gasteiger partial charge in [0.15, 0.2) is 11.5 Å². The van der Waals surface area contributed by atoms with E-state index in [1.807, 2.05) is 36.4 Å². The molecular weight excluding hydrogens is 428 g/mol. The molecule has 0 aromatic heterocycles. The molecule has 0 saturated carbocycles. The van der Waals surface area contributed by atoms with Gasteiger partial charge in [0.05, 0.1) is 11.3 Å². The molecule has 4 rings (SSSR count). The molecule has 0 unspecified atom stereocenters. The average Bonchev–Trinajstić information content (AvgIpc) is 2.80. The number of ether oxygens (including phenoxy) is 2. The summed E-state index contributed by atoms with van der Waals surface area (Å²) < 4.78 is 38.0. The lowest BCUT2D eigenvalue weighted by molar-refractivity contribution is -0.115. The predicted octanol–water partition coefficient (Wildman–Crippen LogP) is 3.46. The molecule has 7 nitrogen and oxygen atoms in total. The highest BCUT2D eigenvalue weighted by Gasteiger charge is 2.21. The molecule has 0 aliphatic carbocycles. The fourth-order valence-corrected chi connectivity index (χ4v) is 4.56. The molecule has 8 heteroatoms. The minimum Gasteiger partial charge on any atom is -0.486 e. The molecule has 166 valence electrons. The van der Waals surface area contributed by atoms with Gasteiger partial charge in [-0.2, -0.15) is 4.31 Å². The van der Waals surface area contributed by atoms with Gasteiger partial charge in [-0.3, -0.25) is 4.79 Å². The Hall–Kier alpha value is -3.36. The number of sulfonamides is 1. The van der Waals surface area contributed by atoms with Crippen molar-refractivity contribution in [2.75, 3.05) is 25.6 Å². The molecule has 1 N–H and O–H groups in total. The molecule has 0 spiro atoms. The normalized spacial score (nSPS) is 13.1. The zero-order valence-electron chi connectivity index (χ0n) is 17.7. The van der Waals surface area contributed by atoms with E-state index < -0.39 is 10.0 Å². The van der Waals surface area contributed by atoms with E-state index in [1.165, 1.54) is 16.4 Å². The van der Waals surface area contributed by atoms with Crippen LogP contribution in [0, 0.1) is 0 Å². The van der Waals surface area contributed by atoms with Crippen LogP contribution in [0.1, 0.15) is 11.1 Å². The summed E-state index contributed by atoms with van der Waals surface area (Å²) in [6, 6.07) is 21.0. The summed E-state index contributed by atoms with van der Waals surface area (Å²) >= 11 is 0. The Morgan fingerprint density at radius 2 is 1.59 bits per heavy atom. The highest BCUT2D eigenvalue weighted by atomic mass is 32.2. The number of benzene rings is 3. The molecule has 1 aliphatic rings. The molecule has 1 amide bonds. The Bertz CT molecular complexity index is 1190. The molecule has 32 heavy (non-hydrogen) atoms. The molecule has 1 aliphatic heterocycles. The van der Waals surface area contributed by atoms with E-state index >= 15 is 0 Å². The molecule has 0 saturated heterocycles. The number of carbonyl (C=O) groups is 1. The molecule has 0 fully saturated rings. The number of rotatable bonds is 7. The smallest absolute Gasteiger partial charge is 0.243 e. The number of nitrogens with one attached hydrogen (secondary N) is 1. The van der Waals surface area contributed by atoms with Gasteiger partial charge in [-0.05, 0) is 47.5 Å². The van der Waals surface area contributed by atoms with Crippen LogP contribution in [0.3, 0.4) is 0 Å². The quantitative estimate of drug-likeness (QED) is 0.594. The standard InChI is InChI=1S/C24H24N2O5S/c1-26(17-18-5-3-2-4-6-18)32(28,29)21-10-8-20(9-11-21)25-24(27)16-19-7-12-22-23(15-19)31-14-13-30-22/h2-12,15H,13-14,16-17H2,1H3,(H,25,27). The van der Waals surface area contributed by atoms with Gasteiger partial charge in [0.2, 0.25) is 15.9 Å². The second-order valence-electron chi connectivity index (χ2n) is 7.47. The van der Waals surface area contributed by atoms with Crippen molar-refractivity contribution >= 4 is 21.6 Å². The van der Waals surface area contributed by atoms with E-state index in [0.29, 0.717) is 30.4 Å². The van der Waals surface area contributed by atoms with Crippen LogP contribution in [0.5, 0.6) is 11.5 Å². The second kappa shape index (κ2) is 9.42. The first-order chi connectivity index (χ1) is 15.4. The van der Waals surface area contributed by atoms with Gasteiger partial charge in [-0.25, -0.2) is 8.42 Å². The summed E-state index contributed by atoms with van der Waals surface area (Å²) in [6.45, 7) is 1.27. The minimum absolute atomic E-state index is 0.163. The van der Waals surface area contributed by atoms with Crippen LogP contribution >= 0.6 is 0 Å². The van der Waals surface area contributed by atoms with Crippen molar-refractivity contribution in [2.24, 2.45) is 0 Å². The first-order valence-electron chi connectivity index (χ1n) is 10.2. The van der Waals surface area contributed by atoms with Gasteiger partial charge < -0.3 is 14.8 Å². The van der Waals surface area contributed by atoms with Crippen LogP contribution in [-0.2, 0) is 27.8 Å². The van der Waals surface area contributed by atoms with E-state index in [1.54, 1.807) is 31.3 Å². The molecule has 0 radical (unpaired) electrons. The van der Waals surface area contributed by atoms with Gasteiger partial charge in [0.1, 0.15) is 13.2 Å². The molecule has 1 heterocycles. The molecule has 0 atom stereocenters. The van der Waals surface area contributed by atoms with Crippen molar-refractivity contribution in [1.82, 2.24) is 4.31 Å². The lowest BCUT2D eigenvalue weighted by atomic mass is 10.1. The van der Waals surface area contributed by atoms with Crippen LogP contribution in [0.15, 0.2) is 77.7 Å². The van der Waals surface area contributed by atoms with E-state index in [2.05, 4.69) is 5.32 Å². The van der Waals surface area contributed by atoms with Crippen LogP contribution in [-0.4, -0.2) is 38.9 Å². The van der Waals surface area contributed by atoms with E-state index in [-0.39, 0.29) is 23.8 Å². The van der Waals surface area contributed by atoms with Crippen molar-refractivity contribution in [2.45, 2.75) is 17.9 Å². The highest BCUT2D eigenvalue weighted by molar-refractivity contribution is 7.89. The van der Waals surface area contributed by atoms with Gasteiger partial charge in [-0.15, -0.1) is 0 Å². The molecule has 3 aromatic rings. The van der Waals surface area contributed by atoms with Gasteiger partial charge >= 0.3 is 0 Å². The number of nitrogens with zero attached hydrogens (tertiary/aromatic N) is 1. The number of hydrogen-bond donors (Lipinski definition) is 1. The number of carbonyl (C=O) groups excluding carboxylic acids is 1. The van der Waals surface area contributed by atoms with Crippen molar-refractivity contribution < 1.29 is 22.7 Å². The maximum absolute atomic E-state index is 12.8. The summed E-state index contributed by atoms with van der Waals surface area (Å²) in [5.41, 5.74) is 2.23. The third-order valence-corrected chi connectivity index (χ3v) is 6.88. The fraction of sp³-hybridized carbons (Fsp3) is 0.208. The topological polar surface area (TPSA) is 84.9 Å². The Morgan fingerprint density at radius 1 is 0.906 bits per heavy atom. The maximum Gasteiger partial charge on any atom is 0.243 e. The van der Waals surface area contributed by atoms with E-state index in [4.69, 9.17) is 9.47 Å². The second-order valence-corrected chi connectivity index (χ2v) is 9.52. The Kier molecular flexibility index (Phi) is 6.43. The van der Waals surface area contributed by atoms with Gasteiger partial charge in [-0.1, -0.05) is 36.4 Å². The number of hydrogen-bond acceptors (Lipinski definition) is 5. The molecule has 3 aromatic carbocycles. The monoisotopic (exact) mass is 452 g/mol. The third-order valence-electron chi connectivity index (χ3n) is 5.07. The van der Waals surface area contributed by atoms with Crippen molar-refractivity contribution in [3.8, 4) is 11.5 Å². The van der Waals surface area contributed by atoms with Crippen LogP contribution in [0.4, 0.5) is 5.69 Å². The number of amides is 1. The zero-order chi connectivity index (χ0) is 22.6. The van der Waals surface area contributed by atoms with Crippen molar-refractivity contribution in [1.29, 1.82) is 0 Å². The summed E-state index contributed by atoms with van der Waals surface area (Å²) in [6.07, 6.45) is 0.163. The lowest BCUT2D eigenvalue weighted by Crippen LogP contribution is -2.26. The summed E-state index contributed by atoms with van der Waals surface area (Å²) in [5.74, 6) is 1.10. The van der Waals surface area contributed by atoms with Crippen LogP contribution in [0.25, 0.3) is 0 Å². The number of fused-ring (bicyclic) bond motifs is 1. The summed E-state index contributed by atoms with van der Waals surface area (Å²) in [4.78, 5) is 12.6. The van der Waals surface area contributed by atoms with E-state index in [9.17, 15) is 13.2 Å². The summed E-state index contributed by atoms with van der Waals surface area (Å²) in [7, 11) is -2.10. The molecular formula is C24H24N2O5S. The third kappa shape index (κ3) is 5.09. The Balaban J connectivity index is 1.38. The Labute approximate surface area is 187 Å². The molecule has 0 bridgehead atoms. The van der Waals surface area contributed by atoms with Crippen LogP contribution < -0.4 is 14.8 Å². The van der Waals surface area contributed by atoms with Gasteiger partial charge in [0, 0.05) is 19.3 Å². The lowest BCUT2D eigenvalue weighted by Gasteiger charge is -2.19. The largest absolute Gasteiger partial charge is 0.486 e. The van der Waals surface area contributed by atoms with E-state index in [0.717, 1.165) is 11.1 Å². The fourth-order valence-electron chi connectivity index (χ4n) is 3.40. The first-order valence-corrected chi connectivity index (χ1v) is 11.6. The SMILES string of the molecule is CN(Cc1ccccc1)S(=O)(=O)c1ccc(NC(=O)Cc2ccc3c(c2)OCCO3)cc1. The maximum atomic E-state index is 12.8. The predicted molar refractivity (Wildman–Crippen MR) is 121 cm³/mol.